The first-order valence-corrected chi connectivity index (χ1v) is 7.80. The van der Waals surface area contributed by atoms with E-state index in [-0.39, 0.29) is 5.41 Å². The molecule has 1 heteroatoms. The molecule has 1 aliphatic carbocycles. The Labute approximate surface area is 117 Å². The molecule has 0 aliphatic heterocycles. The average Bonchev–Trinajstić information content (AvgIpc) is 2.49. The first-order valence-electron chi connectivity index (χ1n) is 7.80. The molecule has 0 amide bonds. The first kappa shape index (κ1) is 14.1. The van der Waals surface area contributed by atoms with Crippen LogP contribution in [0.2, 0.25) is 0 Å². The monoisotopic (exact) mass is 255 g/mol. The predicted octanol–water partition coefficient (Wildman–Crippen LogP) is 5.22. The highest BCUT2D eigenvalue weighted by Gasteiger charge is 2.41. The van der Waals surface area contributed by atoms with Crippen molar-refractivity contribution in [1.82, 2.24) is 0 Å². The van der Waals surface area contributed by atoms with Crippen LogP contribution < -0.4 is 0 Å². The van der Waals surface area contributed by atoms with Crippen LogP contribution in [-0.2, 0) is 5.41 Å². The van der Waals surface area contributed by atoms with Crippen molar-refractivity contribution in [3.05, 3.63) is 35.9 Å². The highest BCUT2D eigenvalue weighted by molar-refractivity contribution is 5.34. The molecule has 0 radical (unpaired) electrons. The molecule has 0 N–H and O–H groups in total. The van der Waals surface area contributed by atoms with Crippen LogP contribution in [0, 0.1) is 17.2 Å². The van der Waals surface area contributed by atoms with Crippen molar-refractivity contribution in [1.29, 1.82) is 5.26 Å². The van der Waals surface area contributed by atoms with Gasteiger partial charge < -0.3 is 0 Å². The highest BCUT2D eigenvalue weighted by atomic mass is 14.5. The van der Waals surface area contributed by atoms with Crippen LogP contribution in [0.4, 0.5) is 0 Å². The molecule has 1 aromatic carbocycles. The zero-order valence-corrected chi connectivity index (χ0v) is 12.1. The quantitative estimate of drug-likeness (QED) is 0.662. The second kappa shape index (κ2) is 6.75. The minimum Gasteiger partial charge on any atom is -0.197 e. The van der Waals surface area contributed by atoms with Gasteiger partial charge in [0.05, 0.1) is 11.5 Å². The number of nitriles is 1. The van der Waals surface area contributed by atoms with E-state index in [1.165, 1.54) is 50.5 Å². The van der Waals surface area contributed by atoms with Gasteiger partial charge in [-0.05, 0) is 30.7 Å². The molecule has 0 aromatic heterocycles. The molecule has 2 rings (SSSR count). The maximum absolute atomic E-state index is 9.87. The molecule has 1 aromatic rings. The average molecular weight is 255 g/mol. The third-order valence-electron chi connectivity index (χ3n) is 4.72. The van der Waals surface area contributed by atoms with Crippen LogP contribution in [0.3, 0.4) is 0 Å². The fourth-order valence-corrected chi connectivity index (χ4v) is 3.60. The van der Waals surface area contributed by atoms with Gasteiger partial charge in [-0.2, -0.15) is 5.26 Å². The van der Waals surface area contributed by atoms with E-state index >= 15 is 0 Å². The third kappa shape index (κ3) is 3.00. The minimum absolute atomic E-state index is 0.215. The summed E-state index contributed by atoms with van der Waals surface area (Å²) in [5, 5.41) is 9.87. The van der Waals surface area contributed by atoms with Gasteiger partial charge in [0.15, 0.2) is 0 Å². The lowest BCUT2D eigenvalue weighted by molar-refractivity contribution is 0.222. The molecular weight excluding hydrogens is 230 g/mol. The Balaban J connectivity index is 2.21. The summed E-state index contributed by atoms with van der Waals surface area (Å²) in [5.74, 6) is 0.556. The topological polar surface area (TPSA) is 23.8 Å². The molecule has 1 aliphatic rings. The van der Waals surface area contributed by atoms with Gasteiger partial charge in [0, 0.05) is 0 Å². The number of nitrogens with zero attached hydrogens (tertiary/aromatic N) is 1. The van der Waals surface area contributed by atoms with Gasteiger partial charge in [-0.15, -0.1) is 0 Å². The summed E-state index contributed by atoms with van der Waals surface area (Å²) in [4.78, 5) is 0. The summed E-state index contributed by atoms with van der Waals surface area (Å²) in [6.45, 7) is 2.25. The molecule has 0 bridgehead atoms. The smallest absolute Gasteiger partial charge is 0.0850 e. The zero-order valence-electron chi connectivity index (χ0n) is 12.1. The predicted molar refractivity (Wildman–Crippen MR) is 79.8 cm³/mol. The summed E-state index contributed by atoms with van der Waals surface area (Å²) >= 11 is 0. The summed E-state index contributed by atoms with van der Waals surface area (Å²) < 4.78 is 0. The molecule has 0 spiro atoms. The summed E-state index contributed by atoms with van der Waals surface area (Å²) in [6.07, 6.45) is 9.83. The van der Waals surface area contributed by atoms with Gasteiger partial charge in [-0.1, -0.05) is 69.4 Å². The van der Waals surface area contributed by atoms with Crippen molar-refractivity contribution < 1.29 is 0 Å². The molecule has 1 saturated carbocycles. The molecule has 19 heavy (non-hydrogen) atoms. The Morgan fingerprint density at radius 2 is 2.00 bits per heavy atom. The van der Waals surface area contributed by atoms with Crippen LogP contribution in [-0.4, -0.2) is 0 Å². The van der Waals surface area contributed by atoms with Crippen molar-refractivity contribution in [2.24, 2.45) is 5.92 Å². The second-order valence-corrected chi connectivity index (χ2v) is 5.89. The van der Waals surface area contributed by atoms with E-state index in [2.05, 4.69) is 37.3 Å². The van der Waals surface area contributed by atoms with E-state index in [4.69, 9.17) is 0 Å². The lowest BCUT2D eigenvalue weighted by Gasteiger charge is -2.39. The standard InChI is InChI=1S/C18H25N/c1-2-3-5-10-16-13-8-9-14-18(16,15-19)17-11-6-4-7-12-17/h4,6-7,11-12,16H,2-3,5,8-10,13-14H2,1H3. The Kier molecular flexibility index (Phi) is 5.02. The third-order valence-corrected chi connectivity index (χ3v) is 4.72. The number of rotatable bonds is 5. The maximum Gasteiger partial charge on any atom is 0.0850 e. The summed E-state index contributed by atoms with van der Waals surface area (Å²) in [6, 6.07) is 13.2. The van der Waals surface area contributed by atoms with Crippen LogP contribution in [0.25, 0.3) is 0 Å². The SMILES string of the molecule is CCCCCC1CCCCC1(C#N)c1ccccc1. The number of unbranched alkanes of at least 4 members (excludes halogenated alkanes) is 2. The minimum atomic E-state index is -0.215. The van der Waals surface area contributed by atoms with Gasteiger partial charge in [0.1, 0.15) is 0 Å². The van der Waals surface area contributed by atoms with Gasteiger partial charge in [-0.3, -0.25) is 0 Å². The molecule has 102 valence electrons. The normalized spacial score (nSPS) is 26.8. The van der Waals surface area contributed by atoms with Crippen LogP contribution in [0.5, 0.6) is 0 Å². The van der Waals surface area contributed by atoms with E-state index in [0.717, 1.165) is 6.42 Å². The van der Waals surface area contributed by atoms with Gasteiger partial charge >= 0.3 is 0 Å². The number of benzene rings is 1. The number of hydrogen-bond donors (Lipinski definition) is 0. The Morgan fingerprint density at radius 1 is 1.21 bits per heavy atom. The molecule has 0 heterocycles. The lowest BCUT2D eigenvalue weighted by atomic mass is 9.62. The first-order chi connectivity index (χ1) is 9.33. The Hall–Kier alpha value is -1.29. The van der Waals surface area contributed by atoms with Crippen molar-refractivity contribution in [3.8, 4) is 6.07 Å². The van der Waals surface area contributed by atoms with Crippen LogP contribution in [0.1, 0.15) is 63.9 Å². The summed E-state index contributed by atoms with van der Waals surface area (Å²) in [7, 11) is 0. The van der Waals surface area contributed by atoms with Gasteiger partial charge in [0.2, 0.25) is 0 Å². The van der Waals surface area contributed by atoms with Crippen LogP contribution in [0.15, 0.2) is 30.3 Å². The highest BCUT2D eigenvalue weighted by Crippen LogP contribution is 2.45. The van der Waals surface area contributed by atoms with E-state index in [9.17, 15) is 5.26 Å². The van der Waals surface area contributed by atoms with Crippen molar-refractivity contribution >= 4 is 0 Å². The van der Waals surface area contributed by atoms with E-state index in [1.54, 1.807) is 0 Å². The number of hydrogen-bond acceptors (Lipinski definition) is 1. The molecule has 1 nitrogen and oxygen atoms in total. The zero-order chi connectivity index (χ0) is 13.6. The second-order valence-electron chi connectivity index (χ2n) is 5.89. The lowest BCUT2D eigenvalue weighted by Crippen LogP contribution is -2.36. The fraction of sp³-hybridized carbons (Fsp3) is 0.611. The van der Waals surface area contributed by atoms with Gasteiger partial charge in [-0.25, -0.2) is 0 Å². The van der Waals surface area contributed by atoms with Crippen molar-refractivity contribution in [3.63, 3.8) is 0 Å². The van der Waals surface area contributed by atoms with E-state index in [1.807, 2.05) is 6.07 Å². The molecular formula is C18H25N. The molecule has 0 saturated heterocycles. The Morgan fingerprint density at radius 3 is 2.68 bits per heavy atom. The van der Waals surface area contributed by atoms with E-state index < -0.39 is 0 Å². The van der Waals surface area contributed by atoms with Gasteiger partial charge in [0.25, 0.3) is 0 Å². The van der Waals surface area contributed by atoms with Crippen molar-refractivity contribution in [2.75, 3.05) is 0 Å². The molecule has 1 fully saturated rings. The van der Waals surface area contributed by atoms with Crippen molar-refractivity contribution in [2.45, 2.75) is 63.7 Å². The fourth-order valence-electron chi connectivity index (χ4n) is 3.60. The molecule has 2 atom stereocenters. The maximum atomic E-state index is 9.87. The van der Waals surface area contributed by atoms with Crippen LogP contribution >= 0.6 is 0 Å². The largest absolute Gasteiger partial charge is 0.197 e. The Bertz CT molecular complexity index is 417. The summed E-state index contributed by atoms with van der Waals surface area (Å²) in [5.41, 5.74) is 1.03. The van der Waals surface area contributed by atoms with E-state index in [0.29, 0.717) is 5.92 Å². The molecule has 2 unspecified atom stereocenters.